The molecule has 0 unspecified atom stereocenters. The number of benzene rings is 1. The number of rotatable bonds is 6. The summed E-state index contributed by atoms with van der Waals surface area (Å²) < 4.78 is 5.67. The van der Waals surface area contributed by atoms with Crippen molar-refractivity contribution in [2.45, 2.75) is 25.7 Å². The third kappa shape index (κ3) is 4.78. The first-order valence-corrected chi connectivity index (χ1v) is 6.67. The van der Waals surface area contributed by atoms with Crippen LogP contribution in [0.1, 0.15) is 25.7 Å². The van der Waals surface area contributed by atoms with Crippen molar-refractivity contribution in [1.29, 1.82) is 0 Å². The summed E-state index contributed by atoms with van der Waals surface area (Å²) in [7, 11) is 0. The maximum absolute atomic E-state index is 5.67. The molecule has 17 heavy (non-hydrogen) atoms. The third-order valence-corrected chi connectivity index (χ3v) is 3.18. The lowest BCUT2D eigenvalue weighted by Crippen LogP contribution is -2.30. The first kappa shape index (κ1) is 12.4. The van der Waals surface area contributed by atoms with E-state index in [0.29, 0.717) is 0 Å². The fourth-order valence-corrected chi connectivity index (χ4v) is 2.17. The van der Waals surface area contributed by atoms with E-state index >= 15 is 0 Å². The van der Waals surface area contributed by atoms with Crippen LogP contribution in [0.15, 0.2) is 30.3 Å². The maximum Gasteiger partial charge on any atom is 0.119 e. The highest BCUT2D eigenvalue weighted by Gasteiger charge is 2.08. The van der Waals surface area contributed by atoms with Crippen molar-refractivity contribution in [2.75, 3.05) is 26.2 Å². The van der Waals surface area contributed by atoms with Crippen LogP contribution in [0.25, 0.3) is 0 Å². The fourth-order valence-electron chi connectivity index (χ4n) is 2.17. The van der Waals surface area contributed by atoms with Crippen molar-refractivity contribution in [1.82, 2.24) is 4.90 Å². The van der Waals surface area contributed by atoms with Crippen LogP contribution in [0.4, 0.5) is 0 Å². The number of likely N-dealkylation sites (tertiary alicyclic amines) is 1. The lowest BCUT2D eigenvalue weighted by molar-refractivity contribution is 0.235. The molecule has 2 rings (SSSR count). The van der Waals surface area contributed by atoms with Crippen LogP contribution in [-0.4, -0.2) is 31.1 Å². The van der Waals surface area contributed by atoms with Crippen LogP contribution >= 0.6 is 0 Å². The van der Waals surface area contributed by atoms with Crippen LogP contribution < -0.4 is 4.74 Å². The molecule has 0 aliphatic carbocycles. The lowest BCUT2D eigenvalue weighted by Gasteiger charge is -2.26. The molecule has 1 aliphatic rings. The number of para-hydroxylation sites is 1. The zero-order valence-electron chi connectivity index (χ0n) is 10.5. The molecule has 0 atom stereocenters. The van der Waals surface area contributed by atoms with Gasteiger partial charge in [0.2, 0.25) is 0 Å². The van der Waals surface area contributed by atoms with Gasteiger partial charge < -0.3 is 9.64 Å². The number of piperidine rings is 1. The quantitative estimate of drug-likeness (QED) is 0.699. The maximum atomic E-state index is 5.67. The van der Waals surface area contributed by atoms with E-state index in [1.807, 2.05) is 30.3 Å². The van der Waals surface area contributed by atoms with E-state index in [4.69, 9.17) is 4.74 Å². The van der Waals surface area contributed by atoms with Gasteiger partial charge in [-0.25, -0.2) is 0 Å². The average Bonchev–Trinajstić information content (AvgIpc) is 2.41. The van der Waals surface area contributed by atoms with Crippen LogP contribution in [-0.2, 0) is 0 Å². The standard InChI is InChI=1S/C15H22NO/c1-3-9-15(10-4-1)17-14-8-7-13-16-11-5-2-6-12-16/h1-4,9-10H,5-8,11-14H2. The number of unbranched alkanes of at least 4 members (excludes halogenated alkanes) is 1. The Bertz CT molecular complexity index is 293. The van der Waals surface area contributed by atoms with Crippen LogP contribution in [0, 0.1) is 6.42 Å². The van der Waals surface area contributed by atoms with Gasteiger partial charge in [0.05, 0.1) is 6.61 Å². The number of ether oxygens (including phenoxy) is 1. The molecule has 0 amide bonds. The summed E-state index contributed by atoms with van der Waals surface area (Å²) in [5, 5.41) is 0. The van der Waals surface area contributed by atoms with Crippen LogP contribution in [0.2, 0.25) is 0 Å². The highest BCUT2D eigenvalue weighted by Crippen LogP contribution is 2.10. The first-order valence-electron chi connectivity index (χ1n) is 6.67. The van der Waals surface area contributed by atoms with E-state index in [-0.39, 0.29) is 0 Å². The molecule has 2 heteroatoms. The van der Waals surface area contributed by atoms with Crippen molar-refractivity contribution in [2.24, 2.45) is 0 Å². The van der Waals surface area contributed by atoms with Crippen LogP contribution in [0.3, 0.4) is 0 Å². The Morgan fingerprint density at radius 1 is 1.00 bits per heavy atom. The molecule has 1 radical (unpaired) electrons. The number of hydrogen-bond donors (Lipinski definition) is 0. The minimum Gasteiger partial charge on any atom is -0.494 e. The molecular weight excluding hydrogens is 210 g/mol. The Morgan fingerprint density at radius 2 is 1.76 bits per heavy atom. The van der Waals surface area contributed by atoms with Gasteiger partial charge in [0.15, 0.2) is 0 Å². The molecule has 0 saturated carbocycles. The van der Waals surface area contributed by atoms with Gasteiger partial charge in [-0.05, 0) is 63.9 Å². The summed E-state index contributed by atoms with van der Waals surface area (Å²) in [6.45, 7) is 4.56. The Balaban J connectivity index is 1.51. The minimum absolute atomic E-state index is 0.837. The SMILES string of the molecule is [CH]1CCN(CCCCOc2ccccc2)CC1. The van der Waals surface area contributed by atoms with Gasteiger partial charge in [0.1, 0.15) is 5.75 Å². The zero-order chi connectivity index (χ0) is 11.8. The molecule has 93 valence electrons. The van der Waals surface area contributed by atoms with E-state index in [1.165, 1.54) is 38.9 Å². The Kier molecular flexibility index (Phi) is 5.37. The first-order chi connectivity index (χ1) is 8.45. The molecule has 1 aromatic carbocycles. The van der Waals surface area contributed by atoms with Crippen molar-refractivity contribution in [3.8, 4) is 5.75 Å². The monoisotopic (exact) mass is 232 g/mol. The highest BCUT2D eigenvalue weighted by molar-refractivity contribution is 5.20. The predicted octanol–water partition coefficient (Wildman–Crippen LogP) is 3.15. The van der Waals surface area contributed by atoms with Gasteiger partial charge in [-0.15, -0.1) is 0 Å². The Morgan fingerprint density at radius 3 is 2.53 bits per heavy atom. The van der Waals surface area contributed by atoms with Crippen molar-refractivity contribution >= 4 is 0 Å². The van der Waals surface area contributed by atoms with Crippen LogP contribution in [0.5, 0.6) is 5.75 Å². The minimum atomic E-state index is 0.837. The molecule has 0 bridgehead atoms. The lowest BCUT2D eigenvalue weighted by atomic mass is 10.1. The molecule has 0 aromatic heterocycles. The summed E-state index contributed by atoms with van der Waals surface area (Å²) in [6.07, 6.45) is 7.32. The van der Waals surface area contributed by atoms with Gasteiger partial charge in [0.25, 0.3) is 0 Å². The van der Waals surface area contributed by atoms with E-state index in [1.54, 1.807) is 0 Å². The molecule has 1 aliphatic heterocycles. The largest absolute Gasteiger partial charge is 0.494 e. The Hall–Kier alpha value is -1.02. The topological polar surface area (TPSA) is 12.5 Å². The predicted molar refractivity (Wildman–Crippen MR) is 71.1 cm³/mol. The summed E-state index contributed by atoms with van der Waals surface area (Å²) in [5.41, 5.74) is 0. The van der Waals surface area contributed by atoms with E-state index in [2.05, 4.69) is 11.3 Å². The van der Waals surface area contributed by atoms with Gasteiger partial charge in [-0.2, -0.15) is 0 Å². The summed E-state index contributed by atoms with van der Waals surface area (Å²) in [6, 6.07) is 10.1. The molecule has 1 fully saturated rings. The molecule has 1 aromatic rings. The number of hydrogen-bond acceptors (Lipinski definition) is 2. The number of nitrogens with zero attached hydrogens (tertiary/aromatic N) is 1. The summed E-state index contributed by atoms with van der Waals surface area (Å²) in [4.78, 5) is 2.56. The van der Waals surface area contributed by atoms with Gasteiger partial charge in [0, 0.05) is 0 Å². The van der Waals surface area contributed by atoms with Crippen molar-refractivity contribution in [3.63, 3.8) is 0 Å². The van der Waals surface area contributed by atoms with Gasteiger partial charge >= 0.3 is 0 Å². The normalized spacial score (nSPS) is 16.9. The molecule has 1 heterocycles. The van der Waals surface area contributed by atoms with E-state index in [9.17, 15) is 0 Å². The molecular formula is C15H22NO. The second-order valence-corrected chi connectivity index (χ2v) is 4.58. The second-order valence-electron chi connectivity index (χ2n) is 4.58. The molecule has 0 spiro atoms. The average molecular weight is 232 g/mol. The van der Waals surface area contributed by atoms with Crippen molar-refractivity contribution in [3.05, 3.63) is 36.8 Å². The fraction of sp³-hybridized carbons (Fsp3) is 0.533. The van der Waals surface area contributed by atoms with Gasteiger partial charge in [-0.1, -0.05) is 18.2 Å². The summed E-state index contributed by atoms with van der Waals surface area (Å²) in [5.74, 6) is 0.986. The van der Waals surface area contributed by atoms with E-state index < -0.39 is 0 Å². The zero-order valence-corrected chi connectivity index (χ0v) is 10.5. The molecule has 2 nitrogen and oxygen atoms in total. The van der Waals surface area contributed by atoms with Gasteiger partial charge in [-0.3, -0.25) is 0 Å². The summed E-state index contributed by atoms with van der Waals surface area (Å²) >= 11 is 0. The third-order valence-electron chi connectivity index (χ3n) is 3.18. The van der Waals surface area contributed by atoms with Crippen molar-refractivity contribution < 1.29 is 4.74 Å². The molecule has 1 saturated heterocycles. The molecule has 0 N–H and O–H groups in total. The van der Waals surface area contributed by atoms with E-state index in [0.717, 1.165) is 18.8 Å². The smallest absolute Gasteiger partial charge is 0.119 e. The second kappa shape index (κ2) is 7.33. The Labute approximate surface area is 105 Å². The highest BCUT2D eigenvalue weighted by atomic mass is 16.5.